The van der Waals surface area contributed by atoms with Crippen molar-refractivity contribution in [1.29, 1.82) is 0 Å². The summed E-state index contributed by atoms with van der Waals surface area (Å²) in [5.74, 6) is 0. The van der Waals surface area contributed by atoms with Crippen LogP contribution >= 0.6 is 0 Å². The van der Waals surface area contributed by atoms with Crippen LogP contribution in [0.1, 0.15) is 12.8 Å². The van der Waals surface area contributed by atoms with Gasteiger partial charge in [-0.3, -0.25) is 4.68 Å². The molecule has 0 saturated heterocycles. The SMILES string of the molecule is O=S(=O)(NCC(F)(F)F)c1cnn(CCNC2CC2)c1. The molecule has 0 spiro atoms. The van der Waals surface area contributed by atoms with Crippen LogP contribution in [0.25, 0.3) is 0 Å². The summed E-state index contributed by atoms with van der Waals surface area (Å²) in [6.07, 6.45) is -0.0550. The first-order chi connectivity index (χ1) is 9.26. The molecule has 2 N–H and O–H groups in total. The summed E-state index contributed by atoms with van der Waals surface area (Å²) < 4.78 is 62.1. The molecule has 0 radical (unpaired) electrons. The zero-order valence-electron chi connectivity index (χ0n) is 10.5. The highest BCUT2D eigenvalue weighted by Crippen LogP contribution is 2.18. The van der Waals surface area contributed by atoms with E-state index >= 15 is 0 Å². The van der Waals surface area contributed by atoms with Crippen molar-refractivity contribution in [3.8, 4) is 0 Å². The van der Waals surface area contributed by atoms with E-state index in [1.54, 1.807) is 0 Å². The third kappa shape index (κ3) is 4.76. The van der Waals surface area contributed by atoms with Gasteiger partial charge >= 0.3 is 6.18 Å². The first kappa shape index (κ1) is 15.3. The molecule has 1 aromatic heterocycles. The van der Waals surface area contributed by atoms with E-state index in [1.165, 1.54) is 15.6 Å². The van der Waals surface area contributed by atoms with Gasteiger partial charge < -0.3 is 5.32 Å². The lowest BCUT2D eigenvalue weighted by molar-refractivity contribution is -0.121. The van der Waals surface area contributed by atoms with Crippen LogP contribution in [-0.4, -0.2) is 43.5 Å². The van der Waals surface area contributed by atoms with E-state index in [4.69, 9.17) is 0 Å². The Bertz CT molecular complexity index is 551. The van der Waals surface area contributed by atoms with Crippen LogP contribution in [0.5, 0.6) is 0 Å². The minimum absolute atomic E-state index is 0.270. The molecular weight excluding hydrogens is 297 g/mol. The Kier molecular flexibility index (Phi) is 4.35. The first-order valence-corrected chi connectivity index (χ1v) is 7.57. The lowest BCUT2D eigenvalue weighted by atomic mass is 10.6. The predicted octanol–water partition coefficient (Wildman–Crippen LogP) is 0.476. The van der Waals surface area contributed by atoms with E-state index in [1.807, 2.05) is 0 Å². The summed E-state index contributed by atoms with van der Waals surface area (Å²) in [6, 6.07) is 0.530. The summed E-state index contributed by atoms with van der Waals surface area (Å²) in [5.41, 5.74) is 0. The highest BCUT2D eigenvalue weighted by molar-refractivity contribution is 7.89. The number of nitrogens with zero attached hydrogens (tertiary/aromatic N) is 2. The average Bonchev–Trinajstić information content (AvgIpc) is 3.02. The third-order valence-electron chi connectivity index (χ3n) is 2.73. The minimum atomic E-state index is -4.59. The van der Waals surface area contributed by atoms with Crippen LogP contribution < -0.4 is 10.0 Å². The van der Waals surface area contributed by atoms with Crippen molar-refractivity contribution in [3.63, 3.8) is 0 Å². The molecule has 6 nitrogen and oxygen atoms in total. The van der Waals surface area contributed by atoms with Gasteiger partial charge in [0, 0.05) is 18.8 Å². The molecule has 114 valence electrons. The van der Waals surface area contributed by atoms with E-state index in [-0.39, 0.29) is 4.90 Å². The zero-order valence-corrected chi connectivity index (χ0v) is 11.3. The maximum Gasteiger partial charge on any atom is 0.402 e. The summed E-state index contributed by atoms with van der Waals surface area (Å²) in [4.78, 5) is -0.270. The average molecular weight is 312 g/mol. The van der Waals surface area contributed by atoms with Gasteiger partial charge in [0.05, 0.1) is 12.7 Å². The third-order valence-corrected chi connectivity index (χ3v) is 4.09. The molecule has 1 aliphatic carbocycles. The Morgan fingerprint density at radius 3 is 2.70 bits per heavy atom. The smallest absolute Gasteiger partial charge is 0.312 e. The molecule has 1 saturated carbocycles. The van der Waals surface area contributed by atoms with E-state index < -0.39 is 22.7 Å². The molecule has 20 heavy (non-hydrogen) atoms. The Morgan fingerprint density at radius 1 is 1.40 bits per heavy atom. The van der Waals surface area contributed by atoms with Gasteiger partial charge in [0.1, 0.15) is 11.4 Å². The summed E-state index contributed by atoms with van der Waals surface area (Å²) in [5, 5.41) is 7.04. The molecule has 0 aliphatic heterocycles. The number of hydrogen-bond acceptors (Lipinski definition) is 4. The lowest BCUT2D eigenvalue weighted by Crippen LogP contribution is -2.33. The normalized spacial score (nSPS) is 16.6. The molecule has 0 unspecified atom stereocenters. The van der Waals surface area contributed by atoms with Crippen molar-refractivity contribution in [2.24, 2.45) is 0 Å². The monoisotopic (exact) mass is 312 g/mol. The fraction of sp³-hybridized carbons (Fsp3) is 0.700. The van der Waals surface area contributed by atoms with Crippen LogP contribution in [0.15, 0.2) is 17.3 Å². The van der Waals surface area contributed by atoms with Gasteiger partial charge in [-0.05, 0) is 12.8 Å². The topological polar surface area (TPSA) is 76.0 Å². The van der Waals surface area contributed by atoms with E-state index in [0.29, 0.717) is 19.1 Å². The quantitative estimate of drug-likeness (QED) is 0.768. The number of hydrogen-bond donors (Lipinski definition) is 2. The molecule has 1 aromatic rings. The lowest BCUT2D eigenvalue weighted by Gasteiger charge is -2.07. The van der Waals surface area contributed by atoms with Gasteiger partial charge in [0.25, 0.3) is 0 Å². The Balaban J connectivity index is 1.88. The van der Waals surface area contributed by atoms with Crippen molar-refractivity contribution in [2.75, 3.05) is 13.1 Å². The number of sulfonamides is 1. The largest absolute Gasteiger partial charge is 0.402 e. The molecule has 0 aromatic carbocycles. The van der Waals surface area contributed by atoms with Gasteiger partial charge in [0.2, 0.25) is 10.0 Å². The van der Waals surface area contributed by atoms with Crippen LogP contribution in [0.4, 0.5) is 13.2 Å². The molecule has 0 amide bonds. The standard InChI is InChI=1S/C10H15F3N4O2S/c11-10(12,13)7-16-20(18,19)9-5-15-17(6-9)4-3-14-8-1-2-8/h5-6,8,14,16H,1-4,7H2. The molecule has 10 heteroatoms. The number of alkyl halides is 3. The molecule has 0 atom stereocenters. The highest BCUT2D eigenvalue weighted by atomic mass is 32.2. The Labute approximate surface area is 114 Å². The van der Waals surface area contributed by atoms with Gasteiger partial charge in [-0.2, -0.15) is 18.3 Å². The second-order valence-electron chi connectivity index (χ2n) is 4.61. The number of nitrogens with one attached hydrogen (secondary N) is 2. The maximum atomic E-state index is 12.0. The van der Waals surface area contributed by atoms with Crippen molar-refractivity contribution in [3.05, 3.63) is 12.4 Å². The Hall–Kier alpha value is -1.13. The number of aromatic nitrogens is 2. The van der Waals surface area contributed by atoms with Gasteiger partial charge in [0.15, 0.2) is 0 Å². The van der Waals surface area contributed by atoms with Gasteiger partial charge in [-0.1, -0.05) is 0 Å². The highest BCUT2D eigenvalue weighted by Gasteiger charge is 2.30. The maximum absolute atomic E-state index is 12.0. The molecule has 2 rings (SSSR count). The summed E-state index contributed by atoms with van der Waals surface area (Å²) >= 11 is 0. The fourth-order valence-corrected chi connectivity index (χ4v) is 2.50. The first-order valence-electron chi connectivity index (χ1n) is 6.08. The van der Waals surface area contributed by atoms with Gasteiger partial charge in [-0.25, -0.2) is 13.1 Å². The molecule has 1 aliphatic rings. The van der Waals surface area contributed by atoms with Crippen LogP contribution in [0.2, 0.25) is 0 Å². The van der Waals surface area contributed by atoms with Crippen LogP contribution in [-0.2, 0) is 16.6 Å². The predicted molar refractivity (Wildman–Crippen MR) is 64.5 cm³/mol. The number of rotatable bonds is 7. The fourth-order valence-electron chi connectivity index (χ4n) is 1.54. The van der Waals surface area contributed by atoms with E-state index in [2.05, 4.69) is 10.4 Å². The second kappa shape index (κ2) is 5.70. The van der Waals surface area contributed by atoms with Crippen LogP contribution in [0, 0.1) is 0 Å². The molecule has 1 heterocycles. The van der Waals surface area contributed by atoms with Crippen molar-refractivity contribution in [1.82, 2.24) is 19.8 Å². The van der Waals surface area contributed by atoms with E-state index in [9.17, 15) is 21.6 Å². The summed E-state index contributed by atoms with van der Waals surface area (Å²) in [6.45, 7) is -0.489. The second-order valence-corrected chi connectivity index (χ2v) is 6.37. The van der Waals surface area contributed by atoms with E-state index in [0.717, 1.165) is 19.0 Å². The minimum Gasteiger partial charge on any atom is -0.312 e. The molecule has 1 fully saturated rings. The molecule has 0 bridgehead atoms. The van der Waals surface area contributed by atoms with Gasteiger partial charge in [-0.15, -0.1) is 0 Å². The van der Waals surface area contributed by atoms with Crippen molar-refractivity contribution >= 4 is 10.0 Å². The van der Waals surface area contributed by atoms with Crippen molar-refractivity contribution < 1.29 is 21.6 Å². The van der Waals surface area contributed by atoms with Crippen LogP contribution in [0.3, 0.4) is 0 Å². The summed E-state index contributed by atoms with van der Waals surface area (Å²) in [7, 11) is -4.18. The van der Waals surface area contributed by atoms with Crippen molar-refractivity contribution in [2.45, 2.75) is 36.5 Å². The zero-order chi connectivity index (χ0) is 14.8. The molecular formula is C10H15F3N4O2S. The Morgan fingerprint density at radius 2 is 2.10 bits per heavy atom. The number of halogens is 3.